The summed E-state index contributed by atoms with van der Waals surface area (Å²) < 4.78 is 10.6. The highest BCUT2D eigenvalue weighted by molar-refractivity contribution is 7.10. The van der Waals surface area contributed by atoms with Gasteiger partial charge < -0.3 is 61.0 Å². The van der Waals surface area contributed by atoms with Gasteiger partial charge in [0.05, 0.1) is 35.6 Å². The van der Waals surface area contributed by atoms with Crippen LogP contribution in [0.4, 0.5) is 32.6 Å². The van der Waals surface area contributed by atoms with Crippen LogP contribution in [0, 0.1) is 0 Å². The molecule has 0 unspecified atom stereocenters. The van der Waals surface area contributed by atoms with E-state index >= 15 is 0 Å². The fourth-order valence-electron chi connectivity index (χ4n) is 9.82. The number of methoxy groups -OCH3 is 2. The van der Waals surface area contributed by atoms with E-state index in [2.05, 4.69) is 40.4 Å². The van der Waals surface area contributed by atoms with Crippen molar-refractivity contribution in [1.82, 2.24) is 39.5 Å². The third-order valence-electron chi connectivity index (χ3n) is 14.2. The minimum absolute atomic E-state index is 0.0838. The molecule has 8 amide bonds. The number of likely N-dealkylation sites (tertiary alicyclic amines) is 2. The number of ether oxygens (including phenoxy) is 2. The fraction of sp³-hybridized carbons (Fsp3) is 0.370. The molecule has 6 aromatic rings. The number of hydrogen-bond acceptors (Lipinski definition) is 16. The first kappa shape index (κ1) is 54.4. The van der Waals surface area contributed by atoms with Gasteiger partial charge in [0.25, 0.3) is 11.8 Å². The average Bonchev–Trinajstić information content (AvgIpc) is 4.23. The van der Waals surface area contributed by atoms with Crippen molar-refractivity contribution in [3.8, 4) is 11.5 Å². The Hall–Kier alpha value is -8.38. The van der Waals surface area contributed by atoms with Crippen LogP contribution in [0.15, 0.2) is 96.0 Å². The van der Waals surface area contributed by atoms with Crippen LogP contribution < -0.4 is 41.4 Å². The van der Waals surface area contributed by atoms with Crippen molar-refractivity contribution < 1.29 is 38.2 Å². The highest BCUT2D eigenvalue weighted by atomic mass is 32.1. The predicted molar refractivity (Wildman–Crippen MR) is 297 cm³/mol. The van der Waals surface area contributed by atoms with Crippen LogP contribution in [-0.2, 0) is 0 Å². The van der Waals surface area contributed by atoms with E-state index in [1.807, 2.05) is 56.0 Å². The van der Waals surface area contributed by atoms with Crippen molar-refractivity contribution in [2.24, 2.45) is 11.5 Å². The molecule has 24 heteroatoms. The molecule has 4 saturated heterocycles. The molecule has 0 spiro atoms. The number of pyridine rings is 2. The van der Waals surface area contributed by atoms with Crippen LogP contribution in [0.25, 0.3) is 0 Å². The molecule has 408 valence electrons. The van der Waals surface area contributed by atoms with E-state index < -0.39 is 23.6 Å². The SMILES string of the molecule is COc1ccc(C(N)=O)cc1NC(=O)c1csc(C2CCN(C(=O)N3CCN(c4ccccn4)CC3)CC2)n1.COc1ccc(C(N)=O)cc1NC(=O)c1csc(C2CCN(C(=O)N3CCN(c4ccccn4)CC3)CC2)n1. The van der Waals surface area contributed by atoms with E-state index in [0.717, 1.165) is 73.5 Å². The second-order valence-electron chi connectivity index (χ2n) is 19.0. The number of amides is 8. The van der Waals surface area contributed by atoms with Gasteiger partial charge >= 0.3 is 12.1 Å². The topological polar surface area (TPSA) is 268 Å². The number of nitrogens with zero attached hydrogens (tertiary/aromatic N) is 10. The van der Waals surface area contributed by atoms with Gasteiger partial charge in [-0.2, -0.15) is 0 Å². The third kappa shape index (κ3) is 13.1. The van der Waals surface area contributed by atoms with Crippen LogP contribution in [0.2, 0.25) is 0 Å². The van der Waals surface area contributed by atoms with Crippen LogP contribution in [0.1, 0.15) is 89.2 Å². The molecule has 22 nitrogen and oxygen atoms in total. The second-order valence-corrected chi connectivity index (χ2v) is 20.8. The number of aromatic nitrogens is 4. The maximum atomic E-state index is 13.1. The molecule has 0 atom stereocenters. The summed E-state index contributed by atoms with van der Waals surface area (Å²) in [7, 11) is 2.96. The van der Waals surface area contributed by atoms with Crippen molar-refractivity contribution in [1.29, 1.82) is 0 Å². The standard InChI is InChI=1S/2C27H31N7O4S/c2*1-38-22-6-5-19(24(28)35)16-20(22)30-25(36)21-17-39-26(31-21)18-7-10-33(11-8-18)27(37)34-14-12-32(13-15-34)23-4-2-3-9-29-23/h2*2-6,9,16-18H,7-8,10-15H2,1H3,(H2,28,35)(H,30,36). The van der Waals surface area contributed by atoms with E-state index in [1.54, 1.807) is 35.3 Å². The van der Waals surface area contributed by atoms with Crippen molar-refractivity contribution in [2.45, 2.75) is 37.5 Å². The number of nitrogens with two attached hydrogens (primary N) is 2. The zero-order chi connectivity index (χ0) is 54.7. The number of thiazole rings is 2. The molecular formula is C54H62N14O8S2. The predicted octanol–water partition coefficient (Wildman–Crippen LogP) is 6.04. The number of carbonyl (C=O) groups is 6. The quantitative estimate of drug-likeness (QED) is 0.109. The van der Waals surface area contributed by atoms with E-state index in [9.17, 15) is 28.8 Å². The summed E-state index contributed by atoms with van der Waals surface area (Å²) >= 11 is 2.89. The Balaban J connectivity index is 0.000000190. The van der Waals surface area contributed by atoms with Crippen LogP contribution in [-0.4, -0.2) is 168 Å². The first-order valence-electron chi connectivity index (χ1n) is 25.7. The molecule has 2 aromatic carbocycles. The first-order valence-corrected chi connectivity index (χ1v) is 27.5. The molecule has 10 rings (SSSR count). The summed E-state index contributed by atoms with van der Waals surface area (Å²) in [6.45, 7) is 8.38. The van der Waals surface area contributed by atoms with Crippen molar-refractivity contribution in [3.05, 3.63) is 128 Å². The average molecular weight is 1100 g/mol. The lowest BCUT2D eigenvalue weighted by molar-refractivity contribution is 0.0991. The number of nitrogens with one attached hydrogen (secondary N) is 2. The first-order chi connectivity index (χ1) is 37.8. The molecule has 8 heterocycles. The Bertz CT molecular complexity index is 2870. The molecule has 0 saturated carbocycles. The number of piperidine rings is 2. The molecule has 4 fully saturated rings. The summed E-state index contributed by atoms with van der Waals surface area (Å²) in [5.41, 5.74) is 12.6. The smallest absolute Gasteiger partial charge is 0.320 e. The molecule has 4 aliphatic rings. The van der Waals surface area contributed by atoms with Crippen molar-refractivity contribution in [2.75, 3.05) is 113 Å². The summed E-state index contributed by atoms with van der Waals surface area (Å²) in [5.74, 6) is 1.12. The number of piperazine rings is 2. The normalized spacial score (nSPS) is 16.2. The van der Waals surface area contributed by atoms with Crippen LogP contribution in [0.5, 0.6) is 11.5 Å². The zero-order valence-corrected chi connectivity index (χ0v) is 45.0. The number of hydrogen-bond donors (Lipinski definition) is 4. The minimum atomic E-state index is -0.597. The molecule has 4 aliphatic heterocycles. The number of carbonyl (C=O) groups excluding carboxylic acids is 6. The maximum absolute atomic E-state index is 13.1. The number of urea groups is 2. The van der Waals surface area contributed by atoms with Gasteiger partial charge in [0.2, 0.25) is 11.8 Å². The second kappa shape index (κ2) is 25.2. The van der Waals surface area contributed by atoms with Crippen LogP contribution >= 0.6 is 22.7 Å². The Kier molecular flexibility index (Phi) is 17.6. The number of benzene rings is 2. The Morgan fingerprint density at radius 3 is 1.22 bits per heavy atom. The molecule has 78 heavy (non-hydrogen) atoms. The van der Waals surface area contributed by atoms with Gasteiger partial charge in [-0.25, -0.2) is 29.5 Å². The Labute approximate surface area is 459 Å². The summed E-state index contributed by atoms with van der Waals surface area (Å²) in [6.07, 6.45) is 6.75. The number of anilines is 4. The lowest BCUT2D eigenvalue weighted by Crippen LogP contribution is -2.54. The number of rotatable bonds is 12. The minimum Gasteiger partial charge on any atom is -0.495 e. The van der Waals surface area contributed by atoms with Crippen molar-refractivity contribution in [3.63, 3.8) is 0 Å². The largest absolute Gasteiger partial charge is 0.495 e. The van der Waals surface area contributed by atoms with E-state index in [4.69, 9.17) is 20.9 Å². The molecule has 0 bridgehead atoms. The van der Waals surface area contributed by atoms with Gasteiger partial charge in [0.15, 0.2) is 0 Å². The van der Waals surface area contributed by atoms with Gasteiger partial charge in [-0.3, -0.25) is 19.2 Å². The number of primary amides is 2. The molecule has 0 radical (unpaired) electrons. The lowest BCUT2D eigenvalue weighted by atomic mass is 9.98. The monoisotopic (exact) mass is 1100 g/mol. The summed E-state index contributed by atoms with van der Waals surface area (Å²) in [5, 5.41) is 10.8. The highest BCUT2D eigenvalue weighted by Crippen LogP contribution is 2.34. The molecule has 0 aliphatic carbocycles. The van der Waals surface area contributed by atoms with Gasteiger partial charge in [-0.05, 0) is 86.3 Å². The maximum Gasteiger partial charge on any atom is 0.320 e. The van der Waals surface area contributed by atoms with Crippen LogP contribution in [0.3, 0.4) is 0 Å². The van der Waals surface area contributed by atoms with Crippen molar-refractivity contribution >= 4 is 81.4 Å². The van der Waals surface area contributed by atoms with Gasteiger partial charge in [-0.15, -0.1) is 22.7 Å². The summed E-state index contributed by atoms with van der Waals surface area (Å²) in [4.78, 5) is 105. The van der Waals surface area contributed by atoms with Gasteiger partial charge in [0, 0.05) is 125 Å². The molecule has 4 aromatic heterocycles. The lowest BCUT2D eigenvalue weighted by Gasteiger charge is -2.39. The third-order valence-corrected chi connectivity index (χ3v) is 16.3. The molecular weight excluding hydrogens is 1040 g/mol. The molecule has 6 N–H and O–H groups in total. The van der Waals surface area contributed by atoms with Gasteiger partial charge in [-0.1, -0.05) is 12.1 Å². The Morgan fingerprint density at radius 2 is 0.885 bits per heavy atom. The zero-order valence-electron chi connectivity index (χ0n) is 43.4. The Morgan fingerprint density at radius 1 is 0.513 bits per heavy atom. The van der Waals surface area contributed by atoms with E-state index in [0.29, 0.717) is 86.6 Å². The van der Waals surface area contributed by atoms with E-state index in [1.165, 1.54) is 61.2 Å². The summed E-state index contributed by atoms with van der Waals surface area (Å²) in [6, 6.07) is 21.1. The highest BCUT2D eigenvalue weighted by Gasteiger charge is 2.33. The van der Waals surface area contributed by atoms with Gasteiger partial charge in [0.1, 0.15) is 34.5 Å². The fourth-order valence-corrected chi connectivity index (χ4v) is 11.8. The van der Waals surface area contributed by atoms with E-state index in [-0.39, 0.29) is 35.0 Å².